The maximum atomic E-state index is 12.9. The Morgan fingerprint density at radius 2 is 1.14 bits per heavy atom. The molecule has 3 fully saturated rings. The molecule has 2 unspecified atom stereocenters. The van der Waals surface area contributed by atoms with Crippen molar-refractivity contribution >= 4 is 39.1 Å². The van der Waals surface area contributed by atoms with Gasteiger partial charge in [-0.25, -0.2) is 19.1 Å². The van der Waals surface area contributed by atoms with E-state index in [9.17, 15) is 38.7 Å². The van der Waals surface area contributed by atoms with Crippen LogP contribution in [0.25, 0.3) is 0 Å². The number of imidazole rings is 2. The number of nitrogens with two attached hydrogens (primary N) is 4. The van der Waals surface area contributed by atoms with E-state index < -0.39 is 89.8 Å². The van der Waals surface area contributed by atoms with Gasteiger partial charge in [0.1, 0.15) is 48.3 Å². The van der Waals surface area contributed by atoms with Crippen molar-refractivity contribution in [3.8, 4) is 0 Å². The minimum Gasteiger partial charge on any atom is -0.386 e. The number of carbonyl (C=O) groups is 2. The predicted molar refractivity (Wildman–Crippen MR) is 131 cm³/mol. The number of carbonyl (C=O) groups excluding carboxylic acids is 2. The molecule has 0 saturated carbocycles. The number of ether oxygens (including phenoxy) is 2. The first-order valence-electron chi connectivity index (χ1n) is 11.8. The summed E-state index contributed by atoms with van der Waals surface area (Å²) < 4.78 is 59.3. The molecule has 42 heavy (non-hydrogen) atoms. The molecule has 0 aromatic carbocycles. The number of anilines is 2. The Balaban J connectivity index is 1.41. The molecule has 0 aliphatic carbocycles. The number of rotatable bonds is 4. The highest BCUT2D eigenvalue weighted by molar-refractivity contribution is 7.47. The molecule has 232 valence electrons. The third-order valence-electron chi connectivity index (χ3n) is 6.61. The van der Waals surface area contributed by atoms with E-state index in [1.54, 1.807) is 0 Å². The molecular weight excluding hydrogens is 614 g/mol. The Bertz CT molecular complexity index is 1380. The molecular formula is C18H26N8O14P2. The van der Waals surface area contributed by atoms with E-state index in [2.05, 4.69) is 9.97 Å². The highest BCUT2D eigenvalue weighted by Gasteiger charge is 2.54. The highest BCUT2D eigenvalue weighted by atomic mass is 31.2. The molecule has 12 N–H and O–H groups in total. The van der Waals surface area contributed by atoms with E-state index in [-0.39, 0.29) is 23.0 Å². The maximum Gasteiger partial charge on any atom is 0.472 e. The summed E-state index contributed by atoms with van der Waals surface area (Å²) in [5.41, 5.74) is 21.4. The van der Waals surface area contributed by atoms with Crippen LogP contribution in [0.1, 0.15) is 33.4 Å². The molecule has 2 amide bonds. The first-order valence-corrected chi connectivity index (χ1v) is 14.8. The van der Waals surface area contributed by atoms with Crippen LogP contribution in [0.2, 0.25) is 0 Å². The second-order valence-corrected chi connectivity index (χ2v) is 12.1. The number of phosphoric ester groups is 2. The smallest absolute Gasteiger partial charge is 0.386 e. The first kappa shape index (κ1) is 30.5. The Morgan fingerprint density at radius 1 is 0.786 bits per heavy atom. The van der Waals surface area contributed by atoms with Crippen molar-refractivity contribution in [3.63, 3.8) is 0 Å². The summed E-state index contributed by atoms with van der Waals surface area (Å²) in [5.74, 6) is -2.62. The Kier molecular flexibility index (Phi) is 7.94. The van der Waals surface area contributed by atoms with Gasteiger partial charge >= 0.3 is 15.6 Å². The number of nitrogens with zero attached hydrogens (tertiary/aromatic N) is 4. The van der Waals surface area contributed by atoms with Crippen molar-refractivity contribution in [2.45, 2.75) is 49.1 Å². The second kappa shape index (κ2) is 10.9. The van der Waals surface area contributed by atoms with Gasteiger partial charge in [-0.05, 0) is 0 Å². The highest BCUT2D eigenvalue weighted by Crippen LogP contribution is 2.53. The third kappa shape index (κ3) is 5.55. The number of hydrogen-bond donors (Lipinski definition) is 8. The predicted octanol–water partition coefficient (Wildman–Crippen LogP) is -3.32. The summed E-state index contributed by atoms with van der Waals surface area (Å²) >= 11 is 0. The first-order chi connectivity index (χ1) is 19.6. The summed E-state index contributed by atoms with van der Waals surface area (Å²) in [4.78, 5) is 51.4. The average molecular weight is 640 g/mol. The van der Waals surface area contributed by atoms with Crippen LogP contribution in [-0.2, 0) is 36.7 Å². The summed E-state index contributed by atoms with van der Waals surface area (Å²) in [5, 5.41) is 21.8. The molecule has 3 saturated heterocycles. The standard InChI is InChI=1S/C18H26N8O14P2/c19-13-7(15(21)29)23-3-25(13)17-9(27)11-5(37-17)1-35-41(31,32)40-12-6(2-36-42(33,34)39-11)38-18(10(12)28)26-4-24-8(14(26)20)16(22)30/h3-6,9-12,17-18,27-28H,1-2,19-20H2,(H2,21,29)(H2,22,30)(H,31,32)(H,33,34)/t5-,6-,9-,10-,11-,12-,17-,18-/m1/s1. The van der Waals surface area contributed by atoms with Crippen molar-refractivity contribution in [1.82, 2.24) is 19.1 Å². The fourth-order valence-electron chi connectivity index (χ4n) is 4.66. The van der Waals surface area contributed by atoms with Gasteiger partial charge in [-0.3, -0.25) is 36.8 Å². The van der Waals surface area contributed by atoms with E-state index in [0.29, 0.717) is 0 Å². The number of fused-ring (bicyclic) bond motifs is 2. The van der Waals surface area contributed by atoms with Gasteiger partial charge in [0.2, 0.25) is 0 Å². The van der Waals surface area contributed by atoms with Gasteiger partial charge in [-0.2, -0.15) is 0 Å². The molecule has 3 aliphatic heterocycles. The van der Waals surface area contributed by atoms with Gasteiger partial charge in [0.05, 0.1) is 25.9 Å². The van der Waals surface area contributed by atoms with E-state index in [1.807, 2.05) is 0 Å². The summed E-state index contributed by atoms with van der Waals surface area (Å²) in [7, 11) is -10.2. The normalized spacial score (nSPS) is 39.1. The summed E-state index contributed by atoms with van der Waals surface area (Å²) in [6.45, 7) is -1.75. The molecule has 2 aromatic rings. The van der Waals surface area contributed by atoms with Gasteiger partial charge in [-0.1, -0.05) is 0 Å². The Hall–Kier alpha value is -2.98. The van der Waals surface area contributed by atoms with E-state index in [4.69, 9.17) is 50.5 Å². The van der Waals surface area contributed by atoms with Gasteiger partial charge < -0.3 is 52.4 Å². The largest absolute Gasteiger partial charge is 0.472 e. The Morgan fingerprint density at radius 3 is 1.45 bits per heavy atom. The van der Waals surface area contributed by atoms with E-state index >= 15 is 0 Å². The van der Waals surface area contributed by atoms with Crippen LogP contribution < -0.4 is 22.9 Å². The van der Waals surface area contributed by atoms with Crippen molar-refractivity contribution in [2.24, 2.45) is 11.5 Å². The van der Waals surface area contributed by atoms with Gasteiger partial charge in [0.15, 0.2) is 23.8 Å². The lowest BCUT2D eigenvalue weighted by Crippen LogP contribution is -2.39. The number of amides is 2. The number of nitrogen functional groups attached to an aromatic ring is 2. The van der Waals surface area contributed by atoms with Crippen molar-refractivity contribution < 1.29 is 66.3 Å². The minimum atomic E-state index is -5.08. The zero-order valence-electron chi connectivity index (χ0n) is 21.1. The van der Waals surface area contributed by atoms with Crippen LogP contribution >= 0.6 is 15.6 Å². The number of hydrogen-bond acceptors (Lipinski definition) is 16. The van der Waals surface area contributed by atoms with Gasteiger partial charge in [0, 0.05) is 0 Å². The van der Waals surface area contributed by atoms with Gasteiger partial charge in [-0.15, -0.1) is 0 Å². The SMILES string of the molecule is NC(=O)c1ncn([C@@H]2O[C@@H]3COP(=O)(O)O[C@H]4[C@@H](O)[C@H](n5cnc(C(N)=O)c5N)O[C@@H]4COP(=O)(O)O[C@H]3[C@H]2O)c1N. The number of aromatic nitrogens is 4. The number of phosphoric acid groups is 2. The molecule has 3 aliphatic rings. The lowest BCUT2D eigenvalue weighted by molar-refractivity contribution is -0.0667. The average Bonchev–Trinajstić information content (AvgIpc) is 3.62. The lowest BCUT2D eigenvalue weighted by Gasteiger charge is -2.27. The summed E-state index contributed by atoms with van der Waals surface area (Å²) in [6, 6.07) is 0. The zero-order valence-corrected chi connectivity index (χ0v) is 22.8. The fraction of sp³-hybridized carbons (Fsp3) is 0.556. The number of aliphatic hydroxyl groups is 2. The number of primary amides is 2. The minimum absolute atomic E-state index is 0.320. The topological polar surface area (TPSA) is 344 Å². The monoisotopic (exact) mass is 640 g/mol. The molecule has 2 aromatic heterocycles. The number of aliphatic hydroxyl groups excluding tert-OH is 2. The van der Waals surface area contributed by atoms with Crippen LogP contribution in [0.3, 0.4) is 0 Å². The van der Waals surface area contributed by atoms with Crippen LogP contribution in [0.4, 0.5) is 11.6 Å². The molecule has 22 nitrogen and oxygen atoms in total. The molecule has 0 bridgehead atoms. The molecule has 0 spiro atoms. The zero-order chi connectivity index (χ0) is 30.7. The fourth-order valence-corrected chi connectivity index (χ4v) is 6.59. The molecule has 10 atom stereocenters. The van der Waals surface area contributed by atoms with E-state index in [1.165, 1.54) is 0 Å². The second-order valence-electron chi connectivity index (χ2n) is 9.28. The third-order valence-corrected chi connectivity index (χ3v) is 8.58. The molecule has 0 radical (unpaired) electrons. The quantitative estimate of drug-likeness (QED) is 0.151. The Labute approximate surface area is 234 Å². The molecule has 5 heterocycles. The van der Waals surface area contributed by atoms with Crippen molar-refractivity contribution in [2.75, 3.05) is 24.7 Å². The molecule has 5 rings (SSSR count). The van der Waals surface area contributed by atoms with Crippen LogP contribution in [0, 0.1) is 0 Å². The van der Waals surface area contributed by atoms with Crippen LogP contribution in [0.15, 0.2) is 12.7 Å². The van der Waals surface area contributed by atoms with Crippen LogP contribution in [0.5, 0.6) is 0 Å². The summed E-state index contributed by atoms with van der Waals surface area (Å²) in [6.07, 6.45) is -11.1. The van der Waals surface area contributed by atoms with Crippen molar-refractivity contribution in [1.29, 1.82) is 0 Å². The van der Waals surface area contributed by atoms with Gasteiger partial charge in [0.25, 0.3) is 11.8 Å². The maximum absolute atomic E-state index is 12.9. The lowest BCUT2D eigenvalue weighted by atomic mass is 10.1. The van der Waals surface area contributed by atoms with Crippen molar-refractivity contribution in [3.05, 3.63) is 24.0 Å². The van der Waals surface area contributed by atoms with E-state index in [0.717, 1.165) is 21.8 Å². The molecule has 24 heteroatoms. The van der Waals surface area contributed by atoms with Crippen LogP contribution in [-0.4, -0.2) is 101 Å².